The highest BCUT2D eigenvalue weighted by Gasteiger charge is 2.25. The molecule has 0 atom stereocenters. The number of furan rings is 1. The van der Waals surface area contributed by atoms with Gasteiger partial charge in [-0.2, -0.15) is 0 Å². The van der Waals surface area contributed by atoms with Crippen LogP contribution in [-0.2, 0) is 0 Å². The quantitative estimate of drug-likeness (QED) is 0.192. The highest BCUT2D eigenvalue weighted by atomic mass is 16.3. The number of hydrogen-bond donors (Lipinski definition) is 0. The van der Waals surface area contributed by atoms with Crippen molar-refractivity contribution < 1.29 is 4.42 Å². The summed E-state index contributed by atoms with van der Waals surface area (Å²) in [5.74, 6) is 0. The summed E-state index contributed by atoms with van der Waals surface area (Å²) >= 11 is 0. The molecule has 5 heterocycles. The van der Waals surface area contributed by atoms with Crippen LogP contribution in [0.15, 0.2) is 156 Å². The van der Waals surface area contributed by atoms with Gasteiger partial charge in [0.05, 0.1) is 27.6 Å². The second-order valence-corrected chi connectivity index (χ2v) is 13.1. The minimum atomic E-state index is 0.903. The molecule has 4 heteroatoms. The van der Waals surface area contributed by atoms with Crippen LogP contribution in [-0.4, -0.2) is 14.0 Å². The normalized spacial score (nSPS) is 12.5. The molecule has 7 aromatic carbocycles. The van der Waals surface area contributed by atoms with Gasteiger partial charge in [0.2, 0.25) is 0 Å². The van der Waals surface area contributed by atoms with Gasteiger partial charge >= 0.3 is 0 Å². The number of hydrogen-bond acceptors (Lipinski definition) is 2. The Kier molecular flexibility index (Phi) is 4.69. The molecule has 0 N–H and O–H groups in total. The smallest absolute Gasteiger partial charge is 0.146 e. The van der Waals surface area contributed by atoms with Crippen LogP contribution >= 0.6 is 0 Å². The second kappa shape index (κ2) is 9.03. The molecule has 0 bridgehead atoms. The van der Waals surface area contributed by atoms with Crippen LogP contribution in [0.4, 0.5) is 0 Å². The molecule has 49 heavy (non-hydrogen) atoms. The lowest BCUT2D eigenvalue weighted by molar-refractivity contribution is 0.669. The Morgan fingerprint density at radius 2 is 1.27 bits per heavy atom. The summed E-state index contributed by atoms with van der Waals surface area (Å²) in [6.45, 7) is 0. The summed E-state index contributed by atoms with van der Waals surface area (Å²) < 4.78 is 11.4. The van der Waals surface area contributed by atoms with E-state index < -0.39 is 0 Å². The van der Waals surface area contributed by atoms with Gasteiger partial charge in [0.25, 0.3) is 0 Å². The van der Waals surface area contributed by atoms with Crippen molar-refractivity contribution >= 4 is 92.9 Å². The summed E-state index contributed by atoms with van der Waals surface area (Å²) in [6, 6.07) is 54.5. The number of para-hydroxylation sites is 5. The van der Waals surface area contributed by atoms with Crippen molar-refractivity contribution in [1.82, 2.24) is 14.0 Å². The summed E-state index contributed by atoms with van der Waals surface area (Å²) in [5.41, 5.74) is 12.1. The fraction of sp³-hybridized carbons (Fsp3) is 0. The van der Waals surface area contributed by atoms with E-state index in [9.17, 15) is 0 Å². The predicted octanol–water partition coefficient (Wildman–Crippen LogP) is 12.0. The molecule has 0 aliphatic rings. The average molecular weight is 624 g/mol. The van der Waals surface area contributed by atoms with Gasteiger partial charge in [0, 0.05) is 59.7 Å². The number of nitrogens with zero attached hydrogens (tertiary/aromatic N) is 3. The number of rotatable bonds is 2. The molecule has 0 unspecified atom stereocenters. The first-order valence-corrected chi connectivity index (χ1v) is 16.7. The maximum atomic E-state index is 6.58. The second-order valence-electron chi connectivity index (χ2n) is 13.1. The van der Waals surface area contributed by atoms with Crippen molar-refractivity contribution in [2.24, 2.45) is 0 Å². The molecule has 0 spiro atoms. The third-order valence-electron chi connectivity index (χ3n) is 10.6. The van der Waals surface area contributed by atoms with E-state index in [4.69, 9.17) is 9.40 Å². The van der Waals surface area contributed by atoms with Crippen LogP contribution in [0.5, 0.6) is 0 Å². The monoisotopic (exact) mass is 623 g/mol. The van der Waals surface area contributed by atoms with Gasteiger partial charge in [-0.25, -0.2) is 4.98 Å². The molecule has 0 saturated heterocycles. The van der Waals surface area contributed by atoms with Gasteiger partial charge in [-0.1, -0.05) is 97.1 Å². The van der Waals surface area contributed by atoms with Crippen LogP contribution in [0.25, 0.3) is 110 Å². The maximum absolute atomic E-state index is 6.58. The third kappa shape index (κ3) is 3.20. The van der Waals surface area contributed by atoms with Gasteiger partial charge in [0.15, 0.2) is 0 Å². The minimum Gasteiger partial charge on any atom is -0.456 e. The van der Waals surface area contributed by atoms with Crippen LogP contribution in [0.1, 0.15) is 0 Å². The van der Waals surface area contributed by atoms with E-state index >= 15 is 0 Å². The summed E-state index contributed by atoms with van der Waals surface area (Å²) in [6.07, 6.45) is 0. The Bertz CT molecular complexity index is 3330. The molecule has 0 fully saturated rings. The minimum absolute atomic E-state index is 0.903. The Labute approximate surface area is 279 Å². The van der Waals surface area contributed by atoms with Crippen molar-refractivity contribution in [2.75, 3.05) is 0 Å². The average Bonchev–Trinajstić information content (AvgIpc) is 3.89. The van der Waals surface area contributed by atoms with Gasteiger partial charge < -0.3 is 8.98 Å². The third-order valence-corrected chi connectivity index (χ3v) is 10.6. The molecule has 12 rings (SSSR count). The number of aromatic nitrogens is 3. The standard InChI is InChI=1S/C45H25N3O/c1-2-12-28(13-3-1)47-37-19-8-5-14-30(37)31-17-10-16-29(43(31)47)26-21-22-38-35(23-26)42-41-32-15-6-9-20-39(32)49-40(41)25-33-34-24-27-11-4-7-18-36(27)46-45(34)48(38)44(33)42/h1-25H. The highest BCUT2D eigenvalue weighted by molar-refractivity contribution is 6.35. The predicted molar refractivity (Wildman–Crippen MR) is 203 cm³/mol. The van der Waals surface area contributed by atoms with Crippen LogP contribution in [0.3, 0.4) is 0 Å². The SMILES string of the molecule is c1ccc(-n2c3ccccc3c3cccc(-c4ccc5c(c4)c4c6c(cc7c8cc9ccccc9nc8n5c74)oc4ccccc46)c32)cc1. The van der Waals surface area contributed by atoms with Crippen LogP contribution in [0, 0.1) is 0 Å². The lowest BCUT2D eigenvalue weighted by Crippen LogP contribution is -1.95. The zero-order valence-corrected chi connectivity index (χ0v) is 26.2. The molecule has 12 aromatic rings. The number of fused-ring (bicyclic) bond motifs is 14. The lowest BCUT2D eigenvalue weighted by atomic mass is 9.97. The first kappa shape index (κ1) is 25.4. The molecule has 226 valence electrons. The van der Waals surface area contributed by atoms with Crippen molar-refractivity contribution in [3.63, 3.8) is 0 Å². The molecule has 5 aromatic heterocycles. The fourth-order valence-electron chi connectivity index (χ4n) is 8.59. The van der Waals surface area contributed by atoms with E-state index in [1.165, 1.54) is 54.6 Å². The molecular formula is C45H25N3O. The Morgan fingerprint density at radius 1 is 0.469 bits per heavy atom. The molecule has 0 amide bonds. The molecule has 4 nitrogen and oxygen atoms in total. The molecular weight excluding hydrogens is 599 g/mol. The summed E-state index contributed by atoms with van der Waals surface area (Å²) in [7, 11) is 0. The van der Waals surface area contributed by atoms with E-state index in [0.717, 1.165) is 55.1 Å². The first-order chi connectivity index (χ1) is 24.3. The Morgan fingerprint density at radius 3 is 2.20 bits per heavy atom. The van der Waals surface area contributed by atoms with Crippen molar-refractivity contribution in [3.05, 3.63) is 152 Å². The zero-order chi connectivity index (χ0) is 31.8. The maximum Gasteiger partial charge on any atom is 0.146 e. The molecule has 0 radical (unpaired) electrons. The largest absolute Gasteiger partial charge is 0.456 e. The highest BCUT2D eigenvalue weighted by Crippen LogP contribution is 2.47. The lowest BCUT2D eigenvalue weighted by Gasteiger charge is -2.12. The van der Waals surface area contributed by atoms with Crippen molar-refractivity contribution in [2.45, 2.75) is 0 Å². The van der Waals surface area contributed by atoms with Gasteiger partial charge in [-0.05, 0) is 60.2 Å². The Balaban J connectivity index is 1.26. The van der Waals surface area contributed by atoms with E-state index in [0.29, 0.717) is 0 Å². The van der Waals surface area contributed by atoms with Crippen molar-refractivity contribution in [1.29, 1.82) is 0 Å². The van der Waals surface area contributed by atoms with Gasteiger partial charge in [-0.3, -0.25) is 4.40 Å². The van der Waals surface area contributed by atoms with E-state index in [-0.39, 0.29) is 0 Å². The molecule has 0 aliphatic carbocycles. The van der Waals surface area contributed by atoms with Crippen molar-refractivity contribution in [3.8, 4) is 16.8 Å². The van der Waals surface area contributed by atoms with Gasteiger partial charge in [0.1, 0.15) is 16.8 Å². The van der Waals surface area contributed by atoms with E-state index in [2.05, 4.69) is 155 Å². The zero-order valence-electron chi connectivity index (χ0n) is 26.2. The molecule has 0 saturated carbocycles. The topological polar surface area (TPSA) is 35.4 Å². The summed E-state index contributed by atoms with van der Waals surface area (Å²) in [4.78, 5) is 5.28. The molecule has 0 aliphatic heterocycles. The first-order valence-electron chi connectivity index (χ1n) is 16.7. The summed E-state index contributed by atoms with van der Waals surface area (Å²) in [5, 5.41) is 10.6. The Hall–Kier alpha value is -6.65. The van der Waals surface area contributed by atoms with Crippen LogP contribution in [0.2, 0.25) is 0 Å². The fourth-order valence-corrected chi connectivity index (χ4v) is 8.59. The van der Waals surface area contributed by atoms with Crippen LogP contribution < -0.4 is 0 Å². The number of pyridine rings is 1. The van der Waals surface area contributed by atoms with E-state index in [1.807, 2.05) is 6.07 Å². The van der Waals surface area contributed by atoms with Gasteiger partial charge in [-0.15, -0.1) is 0 Å². The van der Waals surface area contributed by atoms with E-state index in [1.54, 1.807) is 0 Å². The number of benzene rings is 7.